The van der Waals surface area contributed by atoms with E-state index in [2.05, 4.69) is 20.6 Å². The lowest BCUT2D eigenvalue weighted by Crippen LogP contribution is -2.42. The number of hydrogen-bond donors (Lipinski definition) is 2. The number of hydrogen-bond acceptors (Lipinski definition) is 2. The molecule has 0 aliphatic heterocycles. The van der Waals surface area contributed by atoms with Crippen LogP contribution in [0.4, 0.5) is 4.39 Å². The summed E-state index contributed by atoms with van der Waals surface area (Å²) >= 11 is 0. The normalized spacial score (nSPS) is 15.2. The Morgan fingerprint density at radius 1 is 1.20 bits per heavy atom. The third kappa shape index (κ3) is 5.39. The maximum absolute atomic E-state index is 13.5. The highest BCUT2D eigenvalue weighted by molar-refractivity contribution is 14.0. The van der Waals surface area contributed by atoms with Crippen LogP contribution in [0.25, 0.3) is 0 Å². The monoisotopic (exact) mass is 454 g/mol. The van der Waals surface area contributed by atoms with Gasteiger partial charge in [0, 0.05) is 43.9 Å². The number of aromatic nitrogens is 1. The molecule has 1 aliphatic rings. The van der Waals surface area contributed by atoms with E-state index in [0.29, 0.717) is 0 Å². The molecule has 2 N–H and O–H groups in total. The Kier molecular flexibility index (Phi) is 7.16. The molecule has 1 heterocycles. The highest BCUT2D eigenvalue weighted by Crippen LogP contribution is 2.47. The van der Waals surface area contributed by atoms with Gasteiger partial charge in [-0.2, -0.15) is 0 Å². The smallest absolute Gasteiger partial charge is 0.191 e. The second kappa shape index (κ2) is 9.12. The standard InChI is InChI=1S/C19H23FN4.HI/c1-21-18(23-12-8-17-7-2-3-11-22-17)24-14-19(9-10-19)15-5-4-6-16(20)13-15;/h2-7,11,13H,8-10,12,14H2,1H3,(H2,21,23,24);1H. The molecule has 0 saturated heterocycles. The first kappa shape index (κ1) is 19.6. The van der Waals surface area contributed by atoms with Gasteiger partial charge in [0.1, 0.15) is 5.82 Å². The van der Waals surface area contributed by atoms with Crippen molar-refractivity contribution in [2.45, 2.75) is 24.7 Å². The number of nitrogens with one attached hydrogen (secondary N) is 2. The second-order valence-corrected chi connectivity index (χ2v) is 6.21. The Hall–Kier alpha value is -1.70. The summed E-state index contributed by atoms with van der Waals surface area (Å²) in [4.78, 5) is 8.57. The molecule has 1 saturated carbocycles. The van der Waals surface area contributed by atoms with Crippen molar-refractivity contribution in [2.75, 3.05) is 20.1 Å². The van der Waals surface area contributed by atoms with Crippen LogP contribution in [0, 0.1) is 5.82 Å². The molecule has 0 radical (unpaired) electrons. The first-order valence-corrected chi connectivity index (χ1v) is 8.32. The molecule has 6 heteroatoms. The van der Waals surface area contributed by atoms with Crippen molar-refractivity contribution in [3.8, 4) is 0 Å². The number of rotatable bonds is 6. The lowest BCUT2D eigenvalue weighted by atomic mass is 9.96. The van der Waals surface area contributed by atoms with Crippen molar-refractivity contribution in [3.05, 3.63) is 65.7 Å². The van der Waals surface area contributed by atoms with Crippen molar-refractivity contribution >= 4 is 29.9 Å². The highest BCUT2D eigenvalue weighted by Gasteiger charge is 2.44. The molecule has 2 aromatic rings. The Bertz CT molecular complexity index is 702. The first-order chi connectivity index (χ1) is 11.7. The number of nitrogens with zero attached hydrogens (tertiary/aromatic N) is 2. The maximum atomic E-state index is 13.5. The highest BCUT2D eigenvalue weighted by atomic mass is 127. The fourth-order valence-corrected chi connectivity index (χ4v) is 2.87. The number of halogens is 2. The first-order valence-electron chi connectivity index (χ1n) is 8.32. The van der Waals surface area contributed by atoms with E-state index in [9.17, 15) is 4.39 Å². The van der Waals surface area contributed by atoms with Crippen molar-refractivity contribution in [1.29, 1.82) is 0 Å². The van der Waals surface area contributed by atoms with Gasteiger partial charge >= 0.3 is 0 Å². The predicted octanol–water partition coefficient (Wildman–Crippen LogP) is 3.28. The van der Waals surface area contributed by atoms with E-state index in [1.54, 1.807) is 25.4 Å². The zero-order valence-electron chi connectivity index (χ0n) is 14.3. The van der Waals surface area contributed by atoms with Crippen LogP contribution in [-0.2, 0) is 11.8 Å². The Morgan fingerprint density at radius 3 is 2.68 bits per heavy atom. The summed E-state index contributed by atoms with van der Waals surface area (Å²) in [7, 11) is 1.76. The fourth-order valence-electron chi connectivity index (χ4n) is 2.87. The van der Waals surface area contributed by atoms with E-state index in [1.807, 2.05) is 24.3 Å². The molecule has 4 nitrogen and oxygen atoms in total. The molecule has 0 atom stereocenters. The average molecular weight is 454 g/mol. The van der Waals surface area contributed by atoms with Gasteiger partial charge in [0.15, 0.2) is 5.96 Å². The topological polar surface area (TPSA) is 49.3 Å². The summed E-state index contributed by atoms with van der Waals surface area (Å²) in [6.07, 6.45) is 4.80. The van der Waals surface area contributed by atoms with E-state index in [1.165, 1.54) is 6.07 Å². The van der Waals surface area contributed by atoms with Crippen LogP contribution < -0.4 is 10.6 Å². The van der Waals surface area contributed by atoms with E-state index < -0.39 is 0 Å². The van der Waals surface area contributed by atoms with Crippen LogP contribution in [0.5, 0.6) is 0 Å². The summed E-state index contributed by atoms with van der Waals surface area (Å²) in [5.74, 6) is 0.602. The third-order valence-corrected chi connectivity index (χ3v) is 4.51. The molecule has 25 heavy (non-hydrogen) atoms. The van der Waals surface area contributed by atoms with Gasteiger partial charge < -0.3 is 10.6 Å². The van der Waals surface area contributed by atoms with E-state index in [0.717, 1.165) is 49.6 Å². The van der Waals surface area contributed by atoms with Crippen LogP contribution in [0.1, 0.15) is 24.1 Å². The van der Waals surface area contributed by atoms with Crippen molar-refractivity contribution in [3.63, 3.8) is 0 Å². The van der Waals surface area contributed by atoms with Crippen molar-refractivity contribution in [1.82, 2.24) is 15.6 Å². The van der Waals surface area contributed by atoms with E-state index in [4.69, 9.17) is 0 Å². The number of aliphatic imine (C=N–C) groups is 1. The largest absolute Gasteiger partial charge is 0.356 e. The van der Waals surface area contributed by atoms with Gasteiger partial charge in [-0.1, -0.05) is 18.2 Å². The van der Waals surface area contributed by atoms with Gasteiger partial charge in [0.2, 0.25) is 0 Å². The molecule has 0 unspecified atom stereocenters. The zero-order valence-corrected chi connectivity index (χ0v) is 16.7. The SMILES string of the molecule is CN=C(NCCc1ccccn1)NCC1(c2cccc(F)c2)CC1.I. The summed E-state index contributed by atoms with van der Waals surface area (Å²) in [6.45, 7) is 1.53. The average Bonchev–Trinajstić information content (AvgIpc) is 3.40. The molecule has 0 amide bonds. The minimum Gasteiger partial charge on any atom is -0.356 e. The lowest BCUT2D eigenvalue weighted by Gasteiger charge is -2.19. The molecule has 0 bridgehead atoms. The summed E-state index contributed by atoms with van der Waals surface area (Å²) < 4.78 is 13.5. The Labute approximate surface area is 165 Å². The van der Waals surface area contributed by atoms with Crippen molar-refractivity contribution in [2.24, 2.45) is 4.99 Å². The second-order valence-electron chi connectivity index (χ2n) is 6.21. The zero-order chi connectivity index (χ0) is 16.8. The van der Waals surface area contributed by atoms with Crippen LogP contribution >= 0.6 is 24.0 Å². The van der Waals surface area contributed by atoms with Gasteiger partial charge in [0.05, 0.1) is 0 Å². The summed E-state index contributed by atoms with van der Waals surface area (Å²) in [5, 5.41) is 6.68. The van der Waals surface area contributed by atoms with Gasteiger partial charge in [-0.25, -0.2) is 4.39 Å². The molecule has 1 fully saturated rings. The van der Waals surface area contributed by atoms with E-state index in [-0.39, 0.29) is 35.2 Å². The predicted molar refractivity (Wildman–Crippen MR) is 110 cm³/mol. The molecule has 1 aromatic heterocycles. The quantitative estimate of drug-likeness (QED) is 0.400. The van der Waals surface area contributed by atoms with Gasteiger partial charge in [-0.15, -0.1) is 24.0 Å². The molecule has 134 valence electrons. The van der Waals surface area contributed by atoms with E-state index >= 15 is 0 Å². The minimum atomic E-state index is -0.170. The van der Waals surface area contributed by atoms with Crippen LogP contribution in [0.2, 0.25) is 0 Å². The van der Waals surface area contributed by atoms with Crippen LogP contribution in [0.15, 0.2) is 53.7 Å². The van der Waals surface area contributed by atoms with Gasteiger partial charge in [0.25, 0.3) is 0 Å². The Morgan fingerprint density at radius 2 is 2.04 bits per heavy atom. The third-order valence-electron chi connectivity index (χ3n) is 4.51. The molecule has 0 spiro atoms. The van der Waals surface area contributed by atoms with Crippen LogP contribution in [0.3, 0.4) is 0 Å². The number of guanidine groups is 1. The van der Waals surface area contributed by atoms with Crippen molar-refractivity contribution < 1.29 is 4.39 Å². The minimum absolute atomic E-state index is 0. The molecule has 3 rings (SSSR count). The van der Waals surface area contributed by atoms with Gasteiger partial charge in [-0.3, -0.25) is 9.98 Å². The lowest BCUT2D eigenvalue weighted by molar-refractivity contribution is 0.607. The molecular weight excluding hydrogens is 430 g/mol. The molecular formula is C19H24FIN4. The summed E-state index contributed by atoms with van der Waals surface area (Å²) in [6, 6.07) is 12.8. The molecule has 1 aromatic carbocycles. The number of pyridine rings is 1. The molecule has 1 aliphatic carbocycles. The fraction of sp³-hybridized carbons (Fsp3) is 0.368. The summed E-state index contributed by atoms with van der Waals surface area (Å²) in [5.41, 5.74) is 2.17. The Balaban J connectivity index is 0.00000225. The maximum Gasteiger partial charge on any atom is 0.191 e. The number of benzene rings is 1. The van der Waals surface area contributed by atoms with Crippen LogP contribution in [-0.4, -0.2) is 31.1 Å². The van der Waals surface area contributed by atoms with Gasteiger partial charge in [-0.05, 0) is 42.7 Å².